The third-order valence-corrected chi connectivity index (χ3v) is 0.591. The Kier molecular flexibility index (Phi) is 262. The zero-order chi connectivity index (χ0) is 12.3. The molecule has 0 fully saturated rings. The Labute approximate surface area is 106 Å². The second-order valence-corrected chi connectivity index (χ2v) is 1.26. The molecule has 0 amide bonds. The van der Waals surface area contributed by atoms with Gasteiger partial charge in [-0.05, 0) is 13.3 Å². The van der Waals surface area contributed by atoms with Crippen LogP contribution >= 0.6 is 0 Å². The Morgan fingerprint density at radius 2 is 0.857 bits per heavy atom. The predicted octanol–water partition coefficient (Wildman–Crippen LogP) is -0.791. The molecule has 92 valence electrons. The van der Waals surface area contributed by atoms with Crippen LogP contribution in [0, 0.1) is 0 Å². The quantitative estimate of drug-likeness (QED) is 0.384. The molecule has 0 aromatic heterocycles. The molecule has 0 rings (SSSR count). The Hall–Kier alpha value is 0.670. The molecule has 0 bridgehead atoms. The maximum Gasteiger partial charge on any atom is 0.0509 e. The molecule has 0 aliphatic rings. The fourth-order valence-corrected chi connectivity index (χ4v) is 0. The molecular weight excluding hydrogens is 355 g/mol. The third kappa shape index (κ3) is 242. The van der Waals surface area contributed by atoms with Crippen LogP contribution in [0.2, 0.25) is 0 Å². The van der Waals surface area contributed by atoms with E-state index in [1.807, 2.05) is 6.92 Å². The second kappa shape index (κ2) is 101. The zero-order valence-electron chi connectivity index (χ0n) is 10.0. The van der Waals surface area contributed by atoms with Crippen molar-refractivity contribution in [1.82, 2.24) is 0 Å². The van der Waals surface area contributed by atoms with E-state index in [1.54, 1.807) is 6.92 Å². The average molecular weight is 381 g/mol. The fraction of sp³-hybridized carbons (Fsp3) is 1.00. The molecular formula is C8H26HfO5. The maximum absolute atomic E-state index is 8.36. The van der Waals surface area contributed by atoms with E-state index in [0.29, 0.717) is 0 Å². The van der Waals surface area contributed by atoms with E-state index in [0.717, 1.165) is 34.9 Å². The smallest absolute Gasteiger partial charge is 0.0509 e. The Balaban J connectivity index is -0.0000000156. The van der Waals surface area contributed by atoms with Gasteiger partial charge in [0, 0.05) is 54.3 Å². The average Bonchev–Trinajstić information content (AvgIpc) is 2.29. The number of rotatable bonds is 1. The SMILES string of the molecule is CCC(C)O.CO.CO.CO.CO.[Hf]. The molecule has 0 spiro atoms. The van der Waals surface area contributed by atoms with Gasteiger partial charge in [-0.1, -0.05) is 6.92 Å². The van der Waals surface area contributed by atoms with Gasteiger partial charge in [-0.15, -0.1) is 0 Å². The molecule has 0 aliphatic heterocycles. The van der Waals surface area contributed by atoms with Crippen LogP contribution in [-0.4, -0.2) is 60.1 Å². The van der Waals surface area contributed by atoms with E-state index in [2.05, 4.69) is 0 Å². The molecule has 0 saturated heterocycles. The molecule has 0 aromatic carbocycles. The number of aliphatic hydroxyl groups is 5. The summed E-state index contributed by atoms with van der Waals surface area (Å²) in [6.45, 7) is 3.73. The summed E-state index contributed by atoms with van der Waals surface area (Å²) >= 11 is 0. The van der Waals surface area contributed by atoms with Crippen LogP contribution in [0.15, 0.2) is 0 Å². The van der Waals surface area contributed by atoms with E-state index in [4.69, 9.17) is 25.5 Å². The minimum absolute atomic E-state index is 0. The topological polar surface area (TPSA) is 101 Å². The molecule has 0 heterocycles. The molecule has 1 unspecified atom stereocenters. The zero-order valence-corrected chi connectivity index (χ0v) is 13.6. The van der Waals surface area contributed by atoms with Gasteiger partial charge >= 0.3 is 0 Å². The monoisotopic (exact) mass is 382 g/mol. The number of hydrogen-bond donors (Lipinski definition) is 5. The van der Waals surface area contributed by atoms with Gasteiger partial charge in [0.05, 0.1) is 6.10 Å². The summed E-state index contributed by atoms with van der Waals surface area (Å²) in [6, 6.07) is 0. The summed E-state index contributed by atoms with van der Waals surface area (Å²) in [7, 11) is 4.00. The molecule has 14 heavy (non-hydrogen) atoms. The Morgan fingerprint density at radius 3 is 0.857 bits per heavy atom. The molecule has 0 aliphatic carbocycles. The summed E-state index contributed by atoms with van der Waals surface area (Å²) < 4.78 is 0. The minimum atomic E-state index is -0.116. The molecule has 5 nitrogen and oxygen atoms in total. The van der Waals surface area contributed by atoms with Gasteiger partial charge in [-0.3, -0.25) is 0 Å². The maximum atomic E-state index is 8.36. The Morgan fingerprint density at radius 1 is 0.786 bits per heavy atom. The number of aliphatic hydroxyl groups excluding tert-OH is 5. The molecule has 6 heteroatoms. The first-order valence-corrected chi connectivity index (χ1v) is 3.74. The van der Waals surface area contributed by atoms with Crippen LogP contribution in [-0.2, 0) is 25.8 Å². The van der Waals surface area contributed by atoms with Gasteiger partial charge in [-0.25, -0.2) is 0 Å². The summed E-state index contributed by atoms with van der Waals surface area (Å²) in [5.41, 5.74) is 0. The van der Waals surface area contributed by atoms with Gasteiger partial charge in [0.1, 0.15) is 0 Å². The van der Waals surface area contributed by atoms with Crippen molar-refractivity contribution in [3.05, 3.63) is 0 Å². The van der Waals surface area contributed by atoms with Crippen molar-refractivity contribution in [2.24, 2.45) is 0 Å². The summed E-state index contributed by atoms with van der Waals surface area (Å²) in [6.07, 6.45) is 0.745. The van der Waals surface area contributed by atoms with Crippen LogP contribution in [0.25, 0.3) is 0 Å². The van der Waals surface area contributed by atoms with Crippen molar-refractivity contribution in [2.75, 3.05) is 28.4 Å². The van der Waals surface area contributed by atoms with Crippen LogP contribution in [0.5, 0.6) is 0 Å². The van der Waals surface area contributed by atoms with Gasteiger partial charge in [-0.2, -0.15) is 0 Å². The normalized spacial score (nSPS) is 7.07. The van der Waals surface area contributed by atoms with Gasteiger partial charge < -0.3 is 25.5 Å². The van der Waals surface area contributed by atoms with Gasteiger partial charge in [0.2, 0.25) is 0 Å². The van der Waals surface area contributed by atoms with Crippen molar-refractivity contribution in [1.29, 1.82) is 0 Å². The van der Waals surface area contributed by atoms with Crippen LogP contribution in [0.1, 0.15) is 20.3 Å². The summed E-state index contributed by atoms with van der Waals surface area (Å²) in [5.74, 6) is 0. The van der Waals surface area contributed by atoms with E-state index >= 15 is 0 Å². The third-order valence-electron chi connectivity index (χ3n) is 0.591. The minimum Gasteiger partial charge on any atom is -0.400 e. The molecule has 1 atom stereocenters. The van der Waals surface area contributed by atoms with E-state index in [1.165, 1.54) is 0 Å². The van der Waals surface area contributed by atoms with Gasteiger partial charge in [0.15, 0.2) is 0 Å². The van der Waals surface area contributed by atoms with Crippen molar-refractivity contribution >= 4 is 0 Å². The van der Waals surface area contributed by atoms with E-state index in [9.17, 15) is 0 Å². The van der Waals surface area contributed by atoms with Crippen molar-refractivity contribution in [2.45, 2.75) is 26.4 Å². The van der Waals surface area contributed by atoms with E-state index < -0.39 is 0 Å². The summed E-state index contributed by atoms with van der Waals surface area (Å²) in [4.78, 5) is 0. The predicted molar refractivity (Wildman–Crippen MR) is 54.5 cm³/mol. The standard InChI is InChI=1S/C4H10O.4CH4O.Hf/c1-3-4(2)5;4*1-2;/h4-5H,3H2,1-2H3;4*2H,1H3;. The van der Waals surface area contributed by atoms with Crippen molar-refractivity contribution < 1.29 is 51.4 Å². The largest absolute Gasteiger partial charge is 0.400 e. The molecule has 0 aromatic rings. The molecule has 0 saturated carbocycles. The molecule has 0 radical (unpaired) electrons. The number of hydrogen-bond acceptors (Lipinski definition) is 5. The molecule has 5 N–H and O–H groups in total. The first-order valence-electron chi connectivity index (χ1n) is 3.74. The van der Waals surface area contributed by atoms with Crippen LogP contribution in [0.4, 0.5) is 0 Å². The van der Waals surface area contributed by atoms with E-state index in [-0.39, 0.29) is 31.9 Å². The first-order chi connectivity index (χ1) is 6.27. The second-order valence-electron chi connectivity index (χ2n) is 1.26. The van der Waals surface area contributed by atoms with Crippen molar-refractivity contribution in [3.63, 3.8) is 0 Å². The first kappa shape index (κ1) is 36.5. The van der Waals surface area contributed by atoms with Gasteiger partial charge in [0.25, 0.3) is 0 Å². The van der Waals surface area contributed by atoms with Crippen molar-refractivity contribution in [3.8, 4) is 0 Å². The fourth-order valence-electron chi connectivity index (χ4n) is 0. The van der Waals surface area contributed by atoms with Crippen LogP contribution in [0.3, 0.4) is 0 Å². The Bertz CT molecular complexity index is 31.7. The van der Waals surface area contributed by atoms with Crippen LogP contribution < -0.4 is 0 Å². The summed E-state index contributed by atoms with van der Waals surface area (Å²) in [5, 5.41) is 36.4.